The van der Waals surface area contributed by atoms with Gasteiger partial charge >= 0.3 is 5.97 Å². The molecule has 5 nitrogen and oxygen atoms in total. The normalized spacial score (nSPS) is 11.9. The van der Waals surface area contributed by atoms with Crippen LogP contribution in [0.2, 0.25) is 0 Å². The molecule has 0 saturated heterocycles. The van der Waals surface area contributed by atoms with Crippen molar-refractivity contribution in [3.05, 3.63) is 42.1 Å². The Hall–Kier alpha value is -2.43. The maximum atomic E-state index is 11.9. The lowest BCUT2D eigenvalue weighted by molar-refractivity contribution is -0.128. The van der Waals surface area contributed by atoms with Crippen LogP contribution in [0.1, 0.15) is 17.4 Å². The fourth-order valence-corrected chi connectivity index (χ4v) is 1.66. The summed E-state index contributed by atoms with van der Waals surface area (Å²) in [7, 11) is 1.49. The van der Waals surface area contributed by atoms with Crippen LogP contribution in [-0.4, -0.2) is 30.0 Å². The number of rotatable bonds is 3. The first-order valence-electron chi connectivity index (χ1n) is 5.90. The Bertz CT molecular complexity index is 625. The van der Waals surface area contributed by atoms with Crippen molar-refractivity contribution in [1.29, 1.82) is 0 Å². The molecule has 1 aromatic carbocycles. The van der Waals surface area contributed by atoms with Gasteiger partial charge in [-0.1, -0.05) is 24.3 Å². The van der Waals surface area contributed by atoms with Gasteiger partial charge < -0.3 is 10.1 Å². The molecule has 1 aromatic heterocycles. The van der Waals surface area contributed by atoms with Gasteiger partial charge in [0, 0.05) is 12.4 Å². The van der Waals surface area contributed by atoms with E-state index in [4.69, 9.17) is 4.74 Å². The number of amides is 1. The monoisotopic (exact) mass is 258 g/mol. The zero-order valence-electron chi connectivity index (χ0n) is 10.7. The number of pyridine rings is 1. The van der Waals surface area contributed by atoms with E-state index in [9.17, 15) is 9.59 Å². The van der Waals surface area contributed by atoms with Crippen molar-refractivity contribution >= 4 is 22.8 Å². The Balaban J connectivity index is 2.19. The lowest BCUT2D eigenvalue weighted by Gasteiger charge is -2.11. The highest BCUT2D eigenvalue weighted by atomic mass is 16.5. The van der Waals surface area contributed by atoms with Gasteiger partial charge in [-0.3, -0.25) is 4.79 Å². The predicted molar refractivity (Wildman–Crippen MR) is 70.7 cm³/mol. The molecule has 0 spiro atoms. The van der Waals surface area contributed by atoms with E-state index in [1.807, 2.05) is 24.3 Å². The molecule has 0 aliphatic heterocycles. The zero-order valence-corrected chi connectivity index (χ0v) is 10.7. The van der Waals surface area contributed by atoms with Crippen LogP contribution in [0.5, 0.6) is 0 Å². The van der Waals surface area contributed by atoms with Gasteiger partial charge in [-0.2, -0.15) is 0 Å². The second-order valence-corrected chi connectivity index (χ2v) is 4.05. The third-order valence-corrected chi connectivity index (χ3v) is 2.71. The number of hydrogen-bond acceptors (Lipinski definition) is 4. The van der Waals surface area contributed by atoms with Gasteiger partial charge in [-0.05, 0) is 19.1 Å². The number of benzene rings is 1. The van der Waals surface area contributed by atoms with Gasteiger partial charge in [0.15, 0.2) is 6.10 Å². The van der Waals surface area contributed by atoms with Crippen LogP contribution < -0.4 is 5.32 Å². The molecule has 0 aliphatic rings. The van der Waals surface area contributed by atoms with E-state index in [2.05, 4.69) is 10.3 Å². The fraction of sp³-hybridized carbons (Fsp3) is 0.214. The fourth-order valence-electron chi connectivity index (χ4n) is 1.66. The Morgan fingerprint density at radius 1 is 1.21 bits per heavy atom. The van der Waals surface area contributed by atoms with E-state index < -0.39 is 12.1 Å². The van der Waals surface area contributed by atoms with Crippen molar-refractivity contribution in [2.75, 3.05) is 7.05 Å². The van der Waals surface area contributed by atoms with Crippen LogP contribution in [0, 0.1) is 0 Å². The third-order valence-electron chi connectivity index (χ3n) is 2.71. The number of nitrogens with zero attached hydrogens (tertiary/aromatic N) is 1. The van der Waals surface area contributed by atoms with Gasteiger partial charge in [0.05, 0.1) is 5.52 Å². The molecule has 2 rings (SSSR count). The molecular weight excluding hydrogens is 244 g/mol. The van der Waals surface area contributed by atoms with Crippen molar-refractivity contribution in [3.63, 3.8) is 0 Å². The SMILES string of the molecule is CNC(=O)C(C)OC(=O)c1ccc2ccccc2n1. The lowest BCUT2D eigenvalue weighted by atomic mass is 10.2. The third kappa shape index (κ3) is 2.88. The lowest BCUT2D eigenvalue weighted by Crippen LogP contribution is -2.33. The standard InChI is InChI=1S/C14H14N2O3/c1-9(13(17)15-2)19-14(18)12-8-7-10-5-3-4-6-11(10)16-12/h3-9H,1-2H3,(H,15,17). The van der Waals surface area contributed by atoms with Crippen molar-refractivity contribution < 1.29 is 14.3 Å². The second kappa shape index (κ2) is 5.48. The minimum atomic E-state index is -0.842. The maximum absolute atomic E-state index is 11.9. The Morgan fingerprint density at radius 3 is 2.68 bits per heavy atom. The topological polar surface area (TPSA) is 68.3 Å². The molecular formula is C14H14N2O3. The smallest absolute Gasteiger partial charge is 0.357 e. The minimum absolute atomic E-state index is 0.189. The summed E-state index contributed by atoms with van der Waals surface area (Å²) in [5, 5.41) is 3.36. The average Bonchev–Trinajstić information content (AvgIpc) is 2.45. The number of esters is 1. The number of nitrogens with one attached hydrogen (secondary N) is 1. The number of hydrogen-bond donors (Lipinski definition) is 1. The summed E-state index contributed by atoms with van der Waals surface area (Å²) in [6.07, 6.45) is -0.842. The molecule has 1 atom stereocenters. The molecule has 2 aromatic rings. The van der Waals surface area contributed by atoms with Crippen LogP contribution in [-0.2, 0) is 9.53 Å². The first kappa shape index (κ1) is 13.0. The second-order valence-electron chi connectivity index (χ2n) is 4.05. The summed E-state index contributed by atoms with van der Waals surface area (Å²) in [4.78, 5) is 27.3. The van der Waals surface area contributed by atoms with Gasteiger partial charge in [-0.25, -0.2) is 9.78 Å². The van der Waals surface area contributed by atoms with E-state index >= 15 is 0 Å². The first-order chi connectivity index (χ1) is 9.11. The van der Waals surface area contributed by atoms with Crippen LogP contribution in [0.3, 0.4) is 0 Å². The molecule has 0 saturated carbocycles. The molecule has 1 amide bonds. The van der Waals surface area contributed by atoms with Gasteiger partial charge in [-0.15, -0.1) is 0 Å². The predicted octanol–water partition coefficient (Wildman–Crippen LogP) is 1.53. The molecule has 1 heterocycles. The van der Waals surface area contributed by atoms with Crippen molar-refractivity contribution in [2.45, 2.75) is 13.0 Å². The number of fused-ring (bicyclic) bond motifs is 1. The molecule has 0 fully saturated rings. The van der Waals surface area contributed by atoms with E-state index in [1.54, 1.807) is 12.1 Å². The number of ether oxygens (including phenoxy) is 1. The molecule has 0 bridgehead atoms. The highest BCUT2D eigenvalue weighted by molar-refractivity contribution is 5.93. The first-order valence-corrected chi connectivity index (χ1v) is 5.90. The summed E-state index contributed by atoms with van der Waals surface area (Å²) >= 11 is 0. The van der Waals surface area contributed by atoms with E-state index in [-0.39, 0.29) is 11.6 Å². The number of likely N-dealkylation sites (N-methyl/N-ethyl adjacent to an activating group) is 1. The van der Waals surface area contributed by atoms with E-state index in [0.29, 0.717) is 5.52 Å². The van der Waals surface area contributed by atoms with Crippen LogP contribution in [0.4, 0.5) is 0 Å². The largest absolute Gasteiger partial charge is 0.448 e. The average molecular weight is 258 g/mol. The Kier molecular flexibility index (Phi) is 3.75. The Labute approximate surface area is 110 Å². The van der Waals surface area contributed by atoms with E-state index in [1.165, 1.54) is 14.0 Å². The van der Waals surface area contributed by atoms with E-state index in [0.717, 1.165) is 5.39 Å². The number of carbonyl (C=O) groups is 2. The number of para-hydroxylation sites is 1. The highest BCUT2D eigenvalue weighted by Gasteiger charge is 2.18. The number of carbonyl (C=O) groups excluding carboxylic acids is 2. The minimum Gasteiger partial charge on any atom is -0.448 e. The van der Waals surface area contributed by atoms with Gasteiger partial charge in [0.1, 0.15) is 5.69 Å². The molecule has 98 valence electrons. The molecule has 5 heteroatoms. The molecule has 1 unspecified atom stereocenters. The summed E-state index contributed by atoms with van der Waals surface area (Å²) in [5.74, 6) is -0.962. The summed E-state index contributed by atoms with van der Waals surface area (Å²) in [6, 6.07) is 10.8. The molecule has 0 aliphatic carbocycles. The van der Waals surface area contributed by atoms with Crippen LogP contribution in [0.15, 0.2) is 36.4 Å². The summed E-state index contributed by atoms with van der Waals surface area (Å²) < 4.78 is 5.02. The van der Waals surface area contributed by atoms with Crippen LogP contribution >= 0.6 is 0 Å². The molecule has 19 heavy (non-hydrogen) atoms. The molecule has 1 N–H and O–H groups in total. The highest BCUT2D eigenvalue weighted by Crippen LogP contribution is 2.12. The molecule has 0 radical (unpaired) electrons. The van der Waals surface area contributed by atoms with Gasteiger partial charge in [0.25, 0.3) is 5.91 Å². The van der Waals surface area contributed by atoms with Gasteiger partial charge in [0.2, 0.25) is 0 Å². The summed E-state index contributed by atoms with van der Waals surface area (Å²) in [6.45, 7) is 1.51. The maximum Gasteiger partial charge on any atom is 0.357 e. The van der Waals surface area contributed by atoms with Crippen molar-refractivity contribution in [2.24, 2.45) is 0 Å². The summed E-state index contributed by atoms with van der Waals surface area (Å²) in [5.41, 5.74) is 0.902. The number of aromatic nitrogens is 1. The zero-order chi connectivity index (χ0) is 13.8. The van der Waals surface area contributed by atoms with Crippen LogP contribution in [0.25, 0.3) is 10.9 Å². The van der Waals surface area contributed by atoms with Crippen molar-refractivity contribution in [3.8, 4) is 0 Å². The Morgan fingerprint density at radius 2 is 1.95 bits per heavy atom. The van der Waals surface area contributed by atoms with Crippen molar-refractivity contribution in [1.82, 2.24) is 10.3 Å². The quantitative estimate of drug-likeness (QED) is 0.848.